The molecule has 3 rings (SSSR count). The Bertz CT molecular complexity index is 685. The summed E-state index contributed by atoms with van der Waals surface area (Å²) in [5, 5.41) is 1.22. The molecule has 1 aliphatic heterocycles. The second-order valence-corrected chi connectivity index (χ2v) is 8.68. The van der Waals surface area contributed by atoms with Crippen LogP contribution < -0.4 is 0 Å². The van der Waals surface area contributed by atoms with E-state index in [0.29, 0.717) is 16.0 Å². The first-order chi connectivity index (χ1) is 12.4. The number of halogens is 2. The van der Waals surface area contributed by atoms with Crippen LogP contribution in [0.1, 0.15) is 64.9 Å². The van der Waals surface area contributed by atoms with Gasteiger partial charge in [0, 0.05) is 21.8 Å². The van der Waals surface area contributed by atoms with Crippen molar-refractivity contribution in [3.05, 3.63) is 33.8 Å². The van der Waals surface area contributed by atoms with Crippen LogP contribution in [0.15, 0.2) is 28.2 Å². The van der Waals surface area contributed by atoms with Crippen LogP contribution in [-0.4, -0.2) is 24.3 Å². The van der Waals surface area contributed by atoms with Gasteiger partial charge in [0.2, 0.25) is 0 Å². The van der Waals surface area contributed by atoms with Crippen molar-refractivity contribution >= 4 is 35.6 Å². The van der Waals surface area contributed by atoms with Gasteiger partial charge in [0.1, 0.15) is 5.54 Å². The maximum atomic E-state index is 6.46. The summed E-state index contributed by atoms with van der Waals surface area (Å²) in [6, 6.07) is 5.49. The van der Waals surface area contributed by atoms with Gasteiger partial charge in [-0.1, -0.05) is 55.5 Å². The highest BCUT2D eigenvalue weighted by atomic mass is 35.5. The quantitative estimate of drug-likeness (QED) is 0.564. The van der Waals surface area contributed by atoms with Crippen molar-refractivity contribution in [2.24, 2.45) is 15.9 Å². The van der Waals surface area contributed by atoms with Crippen molar-refractivity contribution in [1.29, 1.82) is 0 Å². The zero-order valence-corrected chi connectivity index (χ0v) is 17.4. The molecule has 0 aromatic heterocycles. The molecule has 1 aromatic carbocycles. The molecule has 2 aliphatic rings. The summed E-state index contributed by atoms with van der Waals surface area (Å²) in [6.07, 6.45) is 11.3. The van der Waals surface area contributed by atoms with Crippen LogP contribution in [0.25, 0.3) is 0 Å². The molecule has 0 radical (unpaired) electrons. The Labute approximate surface area is 166 Å². The fourth-order valence-electron chi connectivity index (χ4n) is 4.01. The van der Waals surface area contributed by atoms with Crippen molar-refractivity contribution in [1.82, 2.24) is 0 Å². The largest absolute Gasteiger partial charge is 0.345 e. The third-order valence-corrected chi connectivity index (χ3v) is 6.06. The molecule has 4 atom stereocenters. The Morgan fingerprint density at radius 2 is 1.88 bits per heavy atom. The number of benzene rings is 1. The summed E-state index contributed by atoms with van der Waals surface area (Å²) in [5.41, 5.74) is -0.404. The Morgan fingerprint density at radius 1 is 1.12 bits per heavy atom. The highest BCUT2D eigenvalue weighted by Gasteiger charge is 2.37. The molecule has 1 fully saturated rings. The molecule has 0 saturated heterocycles. The lowest BCUT2D eigenvalue weighted by molar-refractivity contribution is -0.0781. The van der Waals surface area contributed by atoms with Crippen molar-refractivity contribution < 1.29 is 4.74 Å². The maximum absolute atomic E-state index is 6.46. The van der Waals surface area contributed by atoms with Crippen LogP contribution in [0.3, 0.4) is 0 Å². The number of ether oxygens (including phenoxy) is 1. The van der Waals surface area contributed by atoms with Crippen LogP contribution >= 0.6 is 23.2 Å². The number of nitrogens with zero attached hydrogens (tertiary/aromatic N) is 2. The van der Waals surface area contributed by atoms with Gasteiger partial charge >= 0.3 is 0 Å². The zero-order chi connectivity index (χ0) is 18.8. The van der Waals surface area contributed by atoms with Crippen LogP contribution in [0.4, 0.5) is 0 Å². The van der Waals surface area contributed by atoms with Crippen molar-refractivity contribution in [2.45, 2.75) is 76.7 Å². The topological polar surface area (TPSA) is 34.0 Å². The average Bonchev–Trinajstić information content (AvgIpc) is 2.60. The number of hydrogen-bond donors (Lipinski definition) is 0. The molecule has 1 saturated carbocycles. The predicted molar refractivity (Wildman–Crippen MR) is 111 cm³/mol. The highest BCUT2D eigenvalue weighted by Crippen LogP contribution is 2.37. The van der Waals surface area contributed by atoms with Gasteiger partial charge in [-0.15, -0.1) is 0 Å². The Balaban J connectivity index is 1.76. The molecule has 0 N–H and O–H groups in total. The standard InChI is InChI=1S/C21H28Cl2N2O/c1-4-7-15-8-5-6-9-19(15)26-21(3)14-24-20(2,13-25-21)17-11-10-16(22)12-18(17)23/h10-15,19H,4-9H2,1-3H3. The molecule has 0 amide bonds. The van der Waals surface area contributed by atoms with Gasteiger partial charge in [0.25, 0.3) is 0 Å². The van der Waals surface area contributed by atoms with E-state index in [1.165, 1.54) is 32.1 Å². The molecule has 0 bridgehead atoms. The van der Waals surface area contributed by atoms with Gasteiger partial charge in [-0.05, 0) is 51.2 Å². The van der Waals surface area contributed by atoms with Gasteiger partial charge in [-0.25, -0.2) is 0 Å². The molecule has 142 valence electrons. The third kappa shape index (κ3) is 4.32. The molecule has 3 nitrogen and oxygen atoms in total. The highest BCUT2D eigenvalue weighted by molar-refractivity contribution is 6.35. The summed E-state index contributed by atoms with van der Waals surface area (Å²) in [7, 11) is 0. The maximum Gasteiger partial charge on any atom is 0.191 e. The molecule has 4 unspecified atom stereocenters. The van der Waals surface area contributed by atoms with Crippen molar-refractivity contribution in [3.8, 4) is 0 Å². The minimum atomic E-state index is -0.702. The van der Waals surface area contributed by atoms with Crippen LogP contribution in [0.5, 0.6) is 0 Å². The van der Waals surface area contributed by atoms with Gasteiger partial charge in [-0.2, -0.15) is 0 Å². The fraction of sp³-hybridized carbons (Fsp3) is 0.619. The van der Waals surface area contributed by atoms with E-state index in [-0.39, 0.29) is 6.10 Å². The molecular weight excluding hydrogens is 367 g/mol. The van der Waals surface area contributed by atoms with Gasteiger partial charge in [0.05, 0.1) is 12.3 Å². The summed E-state index contributed by atoms with van der Waals surface area (Å²) < 4.78 is 6.46. The first-order valence-electron chi connectivity index (χ1n) is 9.61. The molecule has 26 heavy (non-hydrogen) atoms. The second-order valence-electron chi connectivity index (χ2n) is 7.83. The monoisotopic (exact) mass is 394 g/mol. The average molecular weight is 395 g/mol. The van der Waals surface area contributed by atoms with E-state index in [1.807, 2.05) is 38.4 Å². The van der Waals surface area contributed by atoms with Gasteiger partial charge in [0.15, 0.2) is 5.72 Å². The van der Waals surface area contributed by atoms with Gasteiger partial charge < -0.3 is 4.74 Å². The van der Waals surface area contributed by atoms with E-state index in [1.54, 1.807) is 6.07 Å². The lowest BCUT2D eigenvalue weighted by atomic mass is 9.83. The fourth-order valence-corrected chi connectivity index (χ4v) is 4.61. The first kappa shape index (κ1) is 19.9. The van der Waals surface area contributed by atoms with E-state index in [9.17, 15) is 0 Å². The number of aliphatic imine (C=N–C) groups is 2. The van der Waals surface area contributed by atoms with Crippen LogP contribution in [0, 0.1) is 5.92 Å². The first-order valence-corrected chi connectivity index (χ1v) is 10.4. The summed E-state index contributed by atoms with van der Waals surface area (Å²) >= 11 is 12.4. The number of hydrogen-bond acceptors (Lipinski definition) is 3. The minimum Gasteiger partial charge on any atom is -0.345 e. The smallest absolute Gasteiger partial charge is 0.191 e. The minimum absolute atomic E-state index is 0.265. The van der Waals surface area contributed by atoms with E-state index in [0.717, 1.165) is 12.0 Å². The molecule has 1 aliphatic carbocycles. The van der Waals surface area contributed by atoms with E-state index in [2.05, 4.69) is 6.92 Å². The Morgan fingerprint density at radius 3 is 2.54 bits per heavy atom. The Hall–Kier alpha value is -0.900. The lowest BCUT2D eigenvalue weighted by Gasteiger charge is -2.38. The second kappa shape index (κ2) is 8.00. The van der Waals surface area contributed by atoms with E-state index < -0.39 is 11.3 Å². The van der Waals surface area contributed by atoms with E-state index >= 15 is 0 Å². The summed E-state index contributed by atoms with van der Waals surface area (Å²) in [5.74, 6) is 0.633. The van der Waals surface area contributed by atoms with Gasteiger partial charge in [-0.3, -0.25) is 9.98 Å². The SMILES string of the molecule is CCCC1CCCCC1OC1(C)C=NC(C)(c2ccc(Cl)cc2Cl)C=N1. The molecule has 1 aromatic rings. The summed E-state index contributed by atoms with van der Waals surface area (Å²) in [6.45, 7) is 6.24. The Kier molecular flexibility index (Phi) is 6.11. The number of rotatable bonds is 5. The molecule has 5 heteroatoms. The molecule has 1 heterocycles. The predicted octanol–water partition coefficient (Wildman–Crippen LogP) is 6.46. The summed E-state index contributed by atoms with van der Waals surface area (Å²) in [4.78, 5) is 9.54. The zero-order valence-electron chi connectivity index (χ0n) is 15.8. The third-order valence-electron chi connectivity index (χ3n) is 5.51. The molecular formula is C21H28Cl2N2O. The normalized spacial score (nSPS) is 34.2. The van der Waals surface area contributed by atoms with Crippen molar-refractivity contribution in [2.75, 3.05) is 0 Å². The lowest BCUT2D eigenvalue weighted by Crippen LogP contribution is -2.42. The molecule has 0 spiro atoms. The van der Waals surface area contributed by atoms with Crippen molar-refractivity contribution in [3.63, 3.8) is 0 Å². The van der Waals surface area contributed by atoms with Crippen LogP contribution in [-0.2, 0) is 10.3 Å². The van der Waals surface area contributed by atoms with E-state index in [4.69, 9.17) is 37.9 Å². The van der Waals surface area contributed by atoms with Crippen LogP contribution in [0.2, 0.25) is 10.0 Å².